The number of methoxy groups -OCH3 is 1. The molecular formula is C18H26N4O6. The van der Waals surface area contributed by atoms with Gasteiger partial charge in [0.1, 0.15) is 0 Å². The highest BCUT2D eigenvalue weighted by Crippen LogP contribution is 2.26. The van der Waals surface area contributed by atoms with Crippen LogP contribution in [-0.4, -0.2) is 79.0 Å². The van der Waals surface area contributed by atoms with Crippen molar-refractivity contribution in [3.05, 3.63) is 40.0 Å². The van der Waals surface area contributed by atoms with Crippen LogP contribution in [0.25, 0.3) is 6.08 Å². The fourth-order valence-electron chi connectivity index (χ4n) is 2.82. The maximum absolute atomic E-state index is 12.0. The number of ether oxygens (including phenoxy) is 1. The summed E-state index contributed by atoms with van der Waals surface area (Å²) in [6.07, 6.45) is 3.71. The van der Waals surface area contributed by atoms with Gasteiger partial charge in [-0.15, -0.1) is 10.1 Å². The molecule has 0 aromatic heterocycles. The third kappa shape index (κ3) is 7.41. The maximum atomic E-state index is 12.0. The van der Waals surface area contributed by atoms with Gasteiger partial charge in [0.05, 0.1) is 20.4 Å². The lowest BCUT2D eigenvalue weighted by Gasteiger charge is -2.34. The highest BCUT2D eigenvalue weighted by molar-refractivity contribution is 5.91. The highest BCUT2D eigenvalue weighted by Gasteiger charge is 2.16. The third-order valence-corrected chi connectivity index (χ3v) is 4.39. The molecule has 1 amide bonds. The van der Waals surface area contributed by atoms with E-state index in [1.54, 1.807) is 18.2 Å². The highest BCUT2D eigenvalue weighted by atomic mass is 16.9. The number of nitrogens with zero attached hydrogens (tertiary/aromatic N) is 3. The summed E-state index contributed by atoms with van der Waals surface area (Å²) in [4.78, 5) is 30.8. The molecule has 2 N–H and O–H groups in total. The van der Waals surface area contributed by atoms with Crippen LogP contribution in [0.4, 0.5) is 0 Å². The van der Waals surface area contributed by atoms with Crippen LogP contribution in [-0.2, 0) is 9.63 Å². The number of rotatable bonds is 10. The quantitative estimate of drug-likeness (QED) is 0.258. The van der Waals surface area contributed by atoms with Crippen molar-refractivity contribution < 1.29 is 24.6 Å². The first-order chi connectivity index (χ1) is 13.5. The van der Waals surface area contributed by atoms with E-state index in [2.05, 4.69) is 20.0 Å². The first kappa shape index (κ1) is 21.5. The zero-order chi connectivity index (χ0) is 20.4. The smallest absolute Gasteiger partial charge is 0.294 e. The molecule has 0 bridgehead atoms. The van der Waals surface area contributed by atoms with Gasteiger partial charge in [0.15, 0.2) is 11.5 Å². The van der Waals surface area contributed by atoms with E-state index >= 15 is 0 Å². The van der Waals surface area contributed by atoms with E-state index in [0.29, 0.717) is 18.8 Å². The molecule has 1 heterocycles. The molecule has 154 valence electrons. The van der Waals surface area contributed by atoms with Crippen LogP contribution >= 0.6 is 0 Å². The summed E-state index contributed by atoms with van der Waals surface area (Å²) in [5.41, 5.74) is 0.750. The van der Waals surface area contributed by atoms with Crippen LogP contribution in [0.3, 0.4) is 0 Å². The lowest BCUT2D eigenvalue weighted by molar-refractivity contribution is -0.757. The van der Waals surface area contributed by atoms with E-state index in [1.807, 2.05) is 0 Å². The standard InChI is InChI=1S/C18H26N4O6/c1-27-17-13-15(3-5-16(17)23)4-6-18(24)19-14-21-10-8-20(9-11-21)7-2-12-28-22(25)26/h3-6,13,23H,2,7-12,14H2,1H3,(H,19,24)/b6-4+. The van der Waals surface area contributed by atoms with Crippen molar-refractivity contribution in [2.45, 2.75) is 6.42 Å². The second kappa shape index (κ2) is 11.1. The number of benzene rings is 1. The lowest BCUT2D eigenvalue weighted by Crippen LogP contribution is -2.50. The van der Waals surface area contributed by atoms with Crippen LogP contribution in [0, 0.1) is 10.1 Å². The minimum absolute atomic E-state index is 0.0496. The Kier molecular flexibility index (Phi) is 8.50. The predicted molar refractivity (Wildman–Crippen MR) is 102 cm³/mol. The van der Waals surface area contributed by atoms with E-state index in [-0.39, 0.29) is 18.3 Å². The van der Waals surface area contributed by atoms with Gasteiger partial charge in [-0.3, -0.25) is 9.69 Å². The zero-order valence-electron chi connectivity index (χ0n) is 15.9. The molecule has 2 rings (SSSR count). The van der Waals surface area contributed by atoms with Crippen LogP contribution in [0.5, 0.6) is 11.5 Å². The molecular weight excluding hydrogens is 368 g/mol. The molecule has 1 saturated heterocycles. The van der Waals surface area contributed by atoms with Gasteiger partial charge in [0.2, 0.25) is 5.91 Å². The SMILES string of the molecule is COc1cc(/C=C/C(=O)NCN2CCN(CCCO[N+](=O)[O-])CC2)ccc1O. The number of hydrogen-bond acceptors (Lipinski definition) is 8. The minimum Gasteiger partial charge on any atom is -0.504 e. The Bertz CT molecular complexity index is 689. The van der Waals surface area contributed by atoms with Crippen molar-refractivity contribution in [2.24, 2.45) is 0 Å². The molecule has 28 heavy (non-hydrogen) atoms. The van der Waals surface area contributed by atoms with Gasteiger partial charge in [-0.05, 0) is 30.2 Å². The summed E-state index contributed by atoms with van der Waals surface area (Å²) in [5.74, 6) is 0.199. The number of carbonyl (C=O) groups is 1. The van der Waals surface area contributed by atoms with Gasteiger partial charge in [-0.25, -0.2) is 0 Å². The monoisotopic (exact) mass is 394 g/mol. The van der Waals surface area contributed by atoms with Crippen molar-refractivity contribution in [3.8, 4) is 11.5 Å². The van der Waals surface area contributed by atoms with Crippen LogP contribution in [0.1, 0.15) is 12.0 Å². The van der Waals surface area contributed by atoms with Gasteiger partial charge < -0.3 is 24.9 Å². The number of phenols is 1. The van der Waals surface area contributed by atoms with E-state index in [1.165, 1.54) is 19.3 Å². The molecule has 1 fully saturated rings. The molecule has 0 radical (unpaired) electrons. The molecule has 10 nitrogen and oxygen atoms in total. The molecule has 0 unspecified atom stereocenters. The van der Waals surface area contributed by atoms with E-state index in [9.17, 15) is 20.0 Å². The summed E-state index contributed by atoms with van der Waals surface area (Å²) in [7, 11) is 1.47. The van der Waals surface area contributed by atoms with Gasteiger partial charge in [0, 0.05) is 38.8 Å². The van der Waals surface area contributed by atoms with Crippen molar-refractivity contribution in [3.63, 3.8) is 0 Å². The predicted octanol–water partition coefficient (Wildman–Crippen LogP) is 0.704. The number of nitrogens with one attached hydrogen (secondary N) is 1. The average molecular weight is 394 g/mol. The molecule has 1 aromatic rings. The Labute approximate surface area is 163 Å². The van der Waals surface area contributed by atoms with Crippen LogP contribution in [0.2, 0.25) is 0 Å². The molecule has 0 saturated carbocycles. The van der Waals surface area contributed by atoms with Gasteiger partial charge in [0.25, 0.3) is 5.09 Å². The summed E-state index contributed by atoms with van der Waals surface area (Å²) < 4.78 is 5.04. The van der Waals surface area contributed by atoms with Crippen LogP contribution < -0.4 is 10.1 Å². The summed E-state index contributed by atoms with van der Waals surface area (Å²) >= 11 is 0. The molecule has 0 spiro atoms. The first-order valence-corrected chi connectivity index (χ1v) is 9.03. The number of piperazine rings is 1. The maximum Gasteiger partial charge on any atom is 0.294 e. The van der Waals surface area contributed by atoms with E-state index < -0.39 is 5.09 Å². The molecule has 1 aliphatic heterocycles. The summed E-state index contributed by atoms with van der Waals surface area (Å²) in [6.45, 7) is 4.65. The third-order valence-electron chi connectivity index (χ3n) is 4.39. The van der Waals surface area contributed by atoms with Crippen molar-refractivity contribution in [1.29, 1.82) is 0 Å². The minimum atomic E-state index is -0.771. The van der Waals surface area contributed by atoms with Crippen molar-refractivity contribution >= 4 is 12.0 Å². The van der Waals surface area contributed by atoms with Gasteiger partial charge in [-0.2, -0.15) is 0 Å². The molecule has 10 heteroatoms. The molecule has 0 aliphatic carbocycles. The van der Waals surface area contributed by atoms with Gasteiger partial charge in [-0.1, -0.05) is 6.07 Å². The molecule has 0 atom stereocenters. The number of aromatic hydroxyl groups is 1. The summed E-state index contributed by atoms with van der Waals surface area (Å²) in [6, 6.07) is 4.85. The molecule has 1 aromatic carbocycles. The zero-order valence-corrected chi connectivity index (χ0v) is 15.9. The molecule has 1 aliphatic rings. The normalized spacial score (nSPS) is 15.5. The van der Waals surface area contributed by atoms with Crippen molar-refractivity contribution in [1.82, 2.24) is 15.1 Å². The topological polar surface area (TPSA) is 117 Å². The number of phenolic OH excluding ortho intramolecular Hbond substituents is 1. The second-order valence-corrected chi connectivity index (χ2v) is 6.33. The van der Waals surface area contributed by atoms with E-state index in [4.69, 9.17) is 4.74 Å². The Morgan fingerprint density at radius 3 is 2.71 bits per heavy atom. The first-order valence-electron chi connectivity index (χ1n) is 9.03. The Morgan fingerprint density at radius 1 is 1.32 bits per heavy atom. The Morgan fingerprint density at radius 2 is 2.04 bits per heavy atom. The van der Waals surface area contributed by atoms with E-state index in [0.717, 1.165) is 38.3 Å². The second-order valence-electron chi connectivity index (χ2n) is 6.33. The Hall–Kier alpha value is -2.85. The van der Waals surface area contributed by atoms with Crippen molar-refractivity contribution in [2.75, 3.05) is 53.1 Å². The summed E-state index contributed by atoms with van der Waals surface area (Å²) in [5, 5.41) is 21.7. The fourth-order valence-corrected chi connectivity index (χ4v) is 2.82. The van der Waals surface area contributed by atoms with Crippen LogP contribution in [0.15, 0.2) is 24.3 Å². The number of carbonyl (C=O) groups excluding carboxylic acids is 1. The lowest BCUT2D eigenvalue weighted by atomic mass is 10.2. The largest absolute Gasteiger partial charge is 0.504 e. The fraction of sp³-hybridized carbons (Fsp3) is 0.500. The average Bonchev–Trinajstić information content (AvgIpc) is 2.69. The number of hydrogen-bond donors (Lipinski definition) is 2. The Balaban J connectivity index is 1.65. The number of amides is 1. The van der Waals surface area contributed by atoms with Gasteiger partial charge >= 0.3 is 0 Å².